The first-order chi connectivity index (χ1) is 8.58. The molecule has 1 aromatic heterocycles. The van der Waals surface area contributed by atoms with E-state index in [0.717, 1.165) is 0 Å². The lowest BCUT2D eigenvalue weighted by Gasteiger charge is -2.10. The van der Waals surface area contributed by atoms with Crippen LogP contribution in [0, 0.1) is 0 Å². The van der Waals surface area contributed by atoms with Gasteiger partial charge in [0.25, 0.3) is 0 Å². The molecule has 0 aliphatic rings. The van der Waals surface area contributed by atoms with Crippen molar-refractivity contribution in [3.05, 3.63) is 46.9 Å². The normalized spacial score (nSPS) is 10.3. The van der Waals surface area contributed by atoms with Crippen LogP contribution in [-0.4, -0.2) is 11.1 Å². The van der Waals surface area contributed by atoms with Crippen molar-refractivity contribution < 1.29 is 14.3 Å². The predicted molar refractivity (Wildman–Crippen MR) is 71.7 cm³/mol. The number of furan rings is 1. The van der Waals surface area contributed by atoms with Gasteiger partial charge in [0.15, 0.2) is 0 Å². The van der Waals surface area contributed by atoms with E-state index < -0.39 is 5.97 Å². The van der Waals surface area contributed by atoms with E-state index in [4.69, 9.17) is 21.1 Å². The topological polar surface area (TPSA) is 62.5 Å². The number of benzene rings is 1. The number of rotatable bonds is 4. The molecule has 1 aromatic carbocycles. The maximum atomic E-state index is 11.1. The number of halogens is 1. The fraction of sp³-hybridized carbons (Fsp3) is 0.0833. The van der Waals surface area contributed by atoms with Crippen LogP contribution in [0.1, 0.15) is 16.1 Å². The molecule has 0 atom stereocenters. The van der Waals surface area contributed by atoms with E-state index in [2.05, 4.69) is 17.9 Å². The number of thiol groups is 1. The van der Waals surface area contributed by atoms with Crippen LogP contribution in [-0.2, 0) is 6.54 Å². The van der Waals surface area contributed by atoms with Crippen molar-refractivity contribution in [2.24, 2.45) is 0 Å². The predicted octanol–water partition coefficient (Wildman–Crippen LogP) is 3.53. The first kappa shape index (κ1) is 12.9. The van der Waals surface area contributed by atoms with Gasteiger partial charge >= 0.3 is 5.97 Å². The molecule has 0 saturated heterocycles. The summed E-state index contributed by atoms with van der Waals surface area (Å²) in [6, 6.07) is 6.51. The molecule has 0 bridgehead atoms. The van der Waals surface area contributed by atoms with Crippen LogP contribution in [0.5, 0.6) is 0 Å². The Kier molecular flexibility index (Phi) is 3.84. The smallest absolute Gasteiger partial charge is 0.337 e. The molecule has 0 aliphatic carbocycles. The highest BCUT2D eigenvalue weighted by atomic mass is 35.5. The number of hydrogen-bond donors (Lipinski definition) is 3. The van der Waals surface area contributed by atoms with E-state index in [1.807, 2.05) is 0 Å². The highest BCUT2D eigenvalue weighted by Crippen LogP contribution is 2.28. The Morgan fingerprint density at radius 3 is 2.89 bits per heavy atom. The molecule has 18 heavy (non-hydrogen) atoms. The van der Waals surface area contributed by atoms with E-state index in [-0.39, 0.29) is 5.56 Å². The van der Waals surface area contributed by atoms with Crippen molar-refractivity contribution in [1.82, 2.24) is 0 Å². The number of aromatic carboxylic acids is 1. The van der Waals surface area contributed by atoms with E-state index in [1.165, 1.54) is 12.1 Å². The second kappa shape index (κ2) is 5.37. The minimum Gasteiger partial charge on any atom is -0.478 e. The van der Waals surface area contributed by atoms with E-state index in [9.17, 15) is 4.79 Å². The molecular formula is C12H10ClNO3S. The van der Waals surface area contributed by atoms with Gasteiger partial charge in [-0.15, -0.1) is 12.6 Å². The van der Waals surface area contributed by atoms with Gasteiger partial charge in [0.2, 0.25) is 0 Å². The highest BCUT2D eigenvalue weighted by Gasteiger charge is 2.13. The maximum Gasteiger partial charge on any atom is 0.337 e. The summed E-state index contributed by atoms with van der Waals surface area (Å²) in [5.41, 5.74) is 0.553. The third kappa shape index (κ3) is 2.80. The minimum atomic E-state index is -1.04. The Bertz CT molecular complexity index is 569. The molecule has 1 heterocycles. The van der Waals surface area contributed by atoms with E-state index in [0.29, 0.717) is 27.9 Å². The van der Waals surface area contributed by atoms with Crippen molar-refractivity contribution in [3.8, 4) is 0 Å². The summed E-state index contributed by atoms with van der Waals surface area (Å²) in [4.78, 5) is 11.5. The molecule has 4 nitrogen and oxygen atoms in total. The lowest BCUT2D eigenvalue weighted by Crippen LogP contribution is -2.06. The first-order valence-corrected chi connectivity index (χ1v) is 5.92. The number of carboxylic acids is 1. The average Bonchev–Trinajstić information content (AvgIpc) is 2.83. The third-order valence-corrected chi connectivity index (χ3v) is 3.17. The summed E-state index contributed by atoms with van der Waals surface area (Å²) >= 11 is 10.0. The summed E-state index contributed by atoms with van der Waals surface area (Å²) in [7, 11) is 0. The number of nitrogens with one attached hydrogen (secondary N) is 1. The quantitative estimate of drug-likeness (QED) is 0.751. The van der Waals surface area contributed by atoms with Gasteiger partial charge < -0.3 is 14.8 Å². The zero-order valence-electron chi connectivity index (χ0n) is 9.18. The standard InChI is InChI=1S/C12H10ClNO3S/c13-9-5-10(8(12(15)16)4-11(9)18)14-6-7-2-1-3-17-7/h1-5,14,18H,6H2,(H,15,16). The van der Waals surface area contributed by atoms with Crippen LogP contribution in [0.15, 0.2) is 39.8 Å². The van der Waals surface area contributed by atoms with Crippen LogP contribution >= 0.6 is 24.2 Å². The Hall–Kier alpha value is -1.59. The SMILES string of the molecule is O=C(O)c1cc(S)c(Cl)cc1NCc1ccco1. The summed E-state index contributed by atoms with van der Waals surface area (Å²) in [6.45, 7) is 0.384. The molecule has 0 amide bonds. The first-order valence-electron chi connectivity index (χ1n) is 5.10. The highest BCUT2D eigenvalue weighted by molar-refractivity contribution is 7.80. The summed E-state index contributed by atoms with van der Waals surface area (Å²) in [6.07, 6.45) is 1.55. The summed E-state index contributed by atoms with van der Waals surface area (Å²) in [5, 5.41) is 12.5. The van der Waals surface area contributed by atoms with Gasteiger partial charge in [0, 0.05) is 4.90 Å². The average molecular weight is 284 g/mol. The minimum absolute atomic E-state index is 0.121. The lowest BCUT2D eigenvalue weighted by molar-refractivity contribution is 0.0697. The van der Waals surface area contributed by atoms with Crippen molar-refractivity contribution in [3.63, 3.8) is 0 Å². The van der Waals surface area contributed by atoms with Crippen LogP contribution in [0.3, 0.4) is 0 Å². The van der Waals surface area contributed by atoms with Gasteiger partial charge in [-0.3, -0.25) is 0 Å². The maximum absolute atomic E-state index is 11.1. The number of hydrogen-bond acceptors (Lipinski definition) is 4. The fourth-order valence-corrected chi connectivity index (χ4v) is 1.84. The zero-order valence-corrected chi connectivity index (χ0v) is 10.8. The largest absolute Gasteiger partial charge is 0.478 e. The lowest BCUT2D eigenvalue weighted by atomic mass is 10.1. The molecule has 2 N–H and O–H groups in total. The van der Waals surface area contributed by atoms with Gasteiger partial charge in [-0.05, 0) is 24.3 Å². The monoisotopic (exact) mass is 283 g/mol. The summed E-state index contributed by atoms with van der Waals surface area (Å²) < 4.78 is 5.15. The fourth-order valence-electron chi connectivity index (χ4n) is 1.48. The molecule has 94 valence electrons. The van der Waals surface area contributed by atoms with Crippen LogP contribution < -0.4 is 5.32 Å². The van der Waals surface area contributed by atoms with Crippen molar-refractivity contribution in [2.45, 2.75) is 11.4 Å². The molecule has 0 radical (unpaired) electrons. The zero-order chi connectivity index (χ0) is 13.1. The van der Waals surface area contributed by atoms with Crippen LogP contribution in [0.4, 0.5) is 5.69 Å². The van der Waals surface area contributed by atoms with Crippen LogP contribution in [0.25, 0.3) is 0 Å². The molecule has 0 saturated carbocycles. The Morgan fingerprint density at radius 1 is 1.50 bits per heavy atom. The third-order valence-electron chi connectivity index (χ3n) is 2.35. The van der Waals surface area contributed by atoms with Crippen LogP contribution in [0.2, 0.25) is 5.02 Å². The van der Waals surface area contributed by atoms with Gasteiger partial charge in [-0.25, -0.2) is 4.79 Å². The number of anilines is 1. The molecule has 2 aromatic rings. The van der Waals surface area contributed by atoms with Gasteiger partial charge in [0.05, 0.1) is 29.1 Å². The van der Waals surface area contributed by atoms with Gasteiger partial charge in [0.1, 0.15) is 5.76 Å². The van der Waals surface area contributed by atoms with Crippen molar-refractivity contribution in [1.29, 1.82) is 0 Å². The van der Waals surface area contributed by atoms with Gasteiger partial charge in [-0.1, -0.05) is 11.6 Å². The second-order valence-corrected chi connectivity index (χ2v) is 4.48. The Balaban J connectivity index is 2.25. The molecule has 0 aliphatic heterocycles. The number of carbonyl (C=O) groups is 1. The molecule has 2 rings (SSSR count). The second-order valence-electron chi connectivity index (χ2n) is 3.59. The molecule has 6 heteroatoms. The van der Waals surface area contributed by atoms with Crippen molar-refractivity contribution >= 4 is 35.9 Å². The Labute approximate surface area is 114 Å². The molecule has 0 unspecified atom stereocenters. The van der Waals surface area contributed by atoms with E-state index in [1.54, 1.807) is 18.4 Å². The summed E-state index contributed by atoms with van der Waals surface area (Å²) in [5.74, 6) is -0.332. The van der Waals surface area contributed by atoms with E-state index >= 15 is 0 Å². The molecular weight excluding hydrogens is 274 g/mol. The molecule has 0 spiro atoms. The Morgan fingerprint density at radius 2 is 2.28 bits per heavy atom. The molecule has 0 fully saturated rings. The van der Waals surface area contributed by atoms with Crippen molar-refractivity contribution in [2.75, 3.05) is 5.32 Å². The number of carboxylic acid groups (broad SMARTS) is 1. The van der Waals surface area contributed by atoms with Gasteiger partial charge in [-0.2, -0.15) is 0 Å².